The van der Waals surface area contributed by atoms with Crippen LogP contribution in [-0.2, 0) is 27.7 Å². The maximum absolute atomic E-state index is 13.8. The Morgan fingerprint density at radius 3 is 2.46 bits per heavy atom. The Morgan fingerprint density at radius 1 is 1.14 bits per heavy atom. The van der Waals surface area contributed by atoms with E-state index in [1.54, 1.807) is 28.9 Å². The van der Waals surface area contributed by atoms with Gasteiger partial charge in [0.15, 0.2) is 0 Å². The van der Waals surface area contributed by atoms with Crippen LogP contribution in [0.2, 0.25) is 0 Å². The number of ether oxygens (including phenoxy) is 1. The predicted molar refractivity (Wildman–Crippen MR) is 136 cm³/mol. The number of sulfonamides is 1. The van der Waals surface area contributed by atoms with E-state index in [1.165, 1.54) is 23.5 Å². The summed E-state index contributed by atoms with van der Waals surface area (Å²) in [6.45, 7) is 4.23. The second kappa shape index (κ2) is 10.5. The molecule has 1 amide bonds. The van der Waals surface area contributed by atoms with Crippen LogP contribution in [-0.4, -0.2) is 43.5 Å². The van der Waals surface area contributed by atoms with E-state index in [9.17, 15) is 18.4 Å². The molecule has 0 radical (unpaired) electrons. The average Bonchev–Trinajstić information content (AvgIpc) is 3.24. The fourth-order valence-corrected chi connectivity index (χ4v) is 7.55. The van der Waals surface area contributed by atoms with Crippen molar-refractivity contribution >= 4 is 27.3 Å². The minimum absolute atomic E-state index is 0.0763. The van der Waals surface area contributed by atoms with Gasteiger partial charge in [-0.3, -0.25) is 10.0 Å². The van der Waals surface area contributed by atoms with Crippen LogP contribution in [0.4, 0.5) is 0 Å². The lowest BCUT2D eigenvalue weighted by Crippen LogP contribution is -2.51. The zero-order valence-corrected chi connectivity index (χ0v) is 21.7. The van der Waals surface area contributed by atoms with Crippen molar-refractivity contribution in [3.8, 4) is 5.75 Å². The molecule has 2 N–H and O–H groups in total. The molecular weight excluding hydrogens is 484 g/mol. The zero-order valence-electron chi connectivity index (χ0n) is 20.0. The molecule has 0 fully saturated rings. The number of fused-ring (bicyclic) bond motifs is 1. The van der Waals surface area contributed by atoms with Crippen molar-refractivity contribution in [2.75, 3.05) is 13.7 Å². The van der Waals surface area contributed by atoms with Crippen molar-refractivity contribution in [1.29, 1.82) is 0 Å². The highest BCUT2D eigenvalue weighted by Crippen LogP contribution is 2.39. The van der Waals surface area contributed by atoms with Gasteiger partial charge in [0, 0.05) is 17.3 Å². The molecule has 1 aliphatic heterocycles. The lowest BCUT2D eigenvalue weighted by atomic mass is 9.86. The van der Waals surface area contributed by atoms with Crippen LogP contribution in [0.1, 0.15) is 39.5 Å². The molecule has 2 atom stereocenters. The first-order chi connectivity index (χ1) is 16.7. The van der Waals surface area contributed by atoms with Crippen LogP contribution in [0.15, 0.2) is 58.8 Å². The van der Waals surface area contributed by atoms with Gasteiger partial charge in [-0.15, -0.1) is 11.3 Å². The third kappa shape index (κ3) is 5.28. The molecule has 0 saturated carbocycles. The summed E-state index contributed by atoms with van der Waals surface area (Å²) in [6, 6.07) is 13.4. The molecule has 2 aromatic carbocycles. The van der Waals surface area contributed by atoms with E-state index in [0.717, 1.165) is 27.1 Å². The molecule has 35 heavy (non-hydrogen) atoms. The van der Waals surface area contributed by atoms with Crippen molar-refractivity contribution < 1.29 is 23.2 Å². The molecule has 9 heteroatoms. The number of nitrogens with one attached hydrogen (secondary N) is 1. The van der Waals surface area contributed by atoms with Gasteiger partial charge in [0.1, 0.15) is 11.8 Å². The molecule has 1 aromatic heterocycles. The van der Waals surface area contributed by atoms with E-state index in [0.29, 0.717) is 25.0 Å². The van der Waals surface area contributed by atoms with E-state index in [1.807, 2.05) is 25.3 Å². The largest absolute Gasteiger partial charge is 0.497 e. The Kier molecular flexibility index (Phi) is 7.61. The highest BCUT2D eigenvalue weighted by molar-refractivity contribution is 7.89. The van der Waals surface area contributed by atoms with E-state index in [4.69, 9.17) is 4.74 Å². The smallest absolute Gasteiger partial charge is 0.262 e. The summed E-state index contributed by atoms with van der Waals surface area (Å²) >= 11 is 1.57. The first-order valence-electron chi connectivity index (χ1n) is 11.5. The number of carbonyl (C=O) groups is 1. The second-order valence-corrected chi connectivity index (χ2v) is 11.8. The van der Waals surface area contributed by atoms with Gasteiger partial charge in [0.05, 0.1) is 12.0 Å². The molecule has 2 heterocycles. The molecule has 1 aliphatic rings. The van der Waals surface area contributed by atoms with Gasteiger partial charge in [0.2, 0.25) is 10.0 Å². The van der Waals surface area contributed by atoms with Gasteiger partial charge in [0.25, 0.3) is 5.91 Å². The van der Waals surface area contributed by atoms with E-state index < -0.39 is 27.9 Å². The third-order valence-electron chi connectivity index (χ3n) is 6.50. The Labute approximate surface area is 210 Å². The maximum Gasteiger partial charge on any atom is 0.262 e. The number of nitrogens with zero attached hydrogens (tertiary/aromatic N) is 1. The molecule has 3 aromatic rings. The van der Waals surface area contributed by atoms with E-state index >= 15 is 0 Å². The SMILES string of the molecule is COc1ccc(S(=O)(=O)N2CCc3sccc3[C@H](CCc3cc(C)cc(C)c3)[C@H]2C(=O)NO)cc1. The van der Waals surface area contributed by atoms with Crippen molar-refractivity contribution in [3.05, 3.63) is 81.0 Å². The number of methoxy groups -OCH3 is 1. The second-order valence-electron chi connectivity index (χ2n) is 8.90. The van der Waals surface area contributed by atoms with Gasteiger partial charge in [-0.25, -0.2) is 13.9 Å². The van der Waals surface area contributed by atoms with Crippen LogP contribution in [0, 0.1) is 13.8 Å². The van der Waals surface area contributed by atoms with Crippen molar-refractivity contribution in [1.82, 2.24) is 9.79 Å². The number of amides is 1. The van der Waals surface area contributed by atoms with Crippen molar-refractivity contribution in [3.63, 3.8) is 0 Å². The Morgan fingerprint density at radius 2 is 1.83 bits per heavy atom. The van der Waals surface area contributed by atoms with Gasteiger partial charge in [-0.1, -0.05) is 29.3 Å². The molecule has 7 nitrogen and oxygen atoms in total. The number of hydrogen-bond acceptors (Lipinski definition) is 6. The fourth-order valence-electron chi connectivity index (χ4n) is 4.99. The third-order valence-corrected chi connectivity index (χ3v) is 9.39. The molecule has 0 bridgehead atoms. The van der Waals surface area contributed by atoms with Gasteiger partial charge in [-0.05, 0) is 79.9 Å². The van der Waals surface area contributed by atoms with Crippen LogP contribution in [0.25, 0.3) is 0 Å². The van der Waals surface area contributed by atoms with E-state index in [2.05, 4.69) is 18.2 Å². The minimum Gasteiger partial charge on any atom is -0.497 e. The van der Waals surface area contributed by atoms with Crippen molar-refractivity contribution in [2.45, 2.75) is 50.0 Å². The number of thiophene rings is 1. The number of benzene rings is 2. The quantitative estimate of drug-likeness (QED) is 0.364. The lowest BCUT2D eigenvalue weighted by molar-refractivity contribution is -0.134. The summed E-state index contributed by atoms with van der Waals surface area (Å²) in [5.41, 5.74) is 6.17. The van der Waals surface area contributed by atoms with Crippen LogP contribution in [0.5, 0.6) is 5.75 Å². The van der Waals surface area contributed by atoms with Gasteiger partial charge < -0.3 is 4.74 Å². The summed E-state index contributed by atoms with van der Waals surface area (Å²) in [5.74, 6) is -0.607. The highest BCUT2D eigenvalue weighted by Gasteiger charge is 2.44. The maximum atomic E-state index is 13.8. The van der Waals surface area contributed by atoms with Crippen LogP contribution in [0.3, 0.4) is 0 Å². The number of rotatable bonds is 7. The Hall–Kier alpha value is -2.72. The zero-order chi connectivity index (χ0) is 25.2. The number of aryl methyl sites for hydroxylation is 3. The molecule has 186 valence electrons. The number of hydrogen-bond donors (Lipinski definition) is 2. The molecule has 0 spiro atoms. The highest BCUT2D eigenvalue weighted by atomic mass is 32.2. The first kappa shape index (κ1) is 25.4. The van der Waals surface area contributed by atoms with Crippen LogP contribution < -0.4 is 10.2 Å². The Bertz CT molecular complexity index is 1280. The summed E-state index contributed by atoms with van der Waals surface area (Å²) in [6.07, 6.45) is 1.73. The molecule has 0 unspecified atom stereocenters. The summed E-state index contributed by atoms with van der Waals surface area (Å²) in [5, 5.41) is 11.6. The topological polar surface area (TPSA) is 95.9 Å². The average molecular weight is 515 g/mol. The normalized spacial score (nSPS) is 18.5. The summed E-state index contributed by atoms with van der Waals surface area (Å²) in [7, 11) is -2.52. The monoisotopic (exact) mass is 514 g/mol. The summed E-state index contributed by atoms with van der Waals surface area (Å²) < 4.78 is 34.0. The van der Waals surface area contributed by atoms with Gasteiger partial charge in [-0.2, -0.15) is 4.31 Å². The van der Waals surface area contributed by atoms with Gasteiger partial charge >= 0.3 is 0 Å². The van der Waals surface area contributed by atoms with Crippen molar-refractivity contribution in [2.24, 2.45) is 0 Å². The Balaban J connectivity index is 1.75. The predicted octanol–water partition coefficient (Wildman–Crippen LogP) is 4.21. The standard InChI is InChI=1S/C26H30N2O5S2/c1-17-14-18(2)16-19(15-17)4-9-23-22-11-13-34-24(22)10-12-28(25(23)26(29)27-30)35(31,32)21-7-5-20(33-3)6-8-21/h5-8,11,13-16,23,25,30H,4,9-10,12H2,1-3H3,(H,27,29)/t23-,25-/m0/s1. The minimum atomic E-state index is -4.03. The molecule has 0 saturated heterocycles. The molecule has 4 rings (SSSR count). The van der Waals surface area contributed by atoms with Crippen LogP contribution >= 0.6 is 11.3 Å². The lowest BCUT2D eigenvalue weighted by Gasteiger charge is -2.33. The molecular formula is C26H30N2O5S2. The van der Waals surface area contributed by atoms with E-state index in [-0.39, 0.29) is 11.4 Å². The number of hydroxylamine groups is 1. The molecule has 0 aliphatic carbocycles. The fraction of sp³-hybridized carbons (Fsp3) is 0.346. The number of carbonyl (C=O) groups excluding carboxylic acids is 1. The summed E-state index contributed by atoms with van der Waals surface area (Å²) in [4.78, 5) is 14.2. The first-order valence-corrected chi connectivity index (χ1v) is 13.8.